The number of carbonyl (C=O) groups excluding carboxylic acids is 1. The third-order valence-corrected chi connectivity index (χ3v) is 3.77. The normalized spacial score (nSPS) is 13.9. The highest BCUT2D eigenvalue weighted by atomic mass is 79.9. The van der Waals surface area contributed by atoms with Crippen molar-refractivity contribution in [2.45, 2.75) is 33.2 Å². The van der Waals surface area contributed by atoms with Crippen LogP contribution in [0.15, 0.2) is 15.9 Å². The Morgan fingerprint density at radius 3 is 2.53 bits per heavy atom. The SMILES string of the molecule is CC(C)(C)C(=O)[C@H](N)Cc1ccc(Br)s1. The molecule has 0 bridgehead atoms. The first-order chi connectivity index (χ1) is 6.80. The number of carbonyl (C=O) groups is 1. The fourth-order valence-electron chi connectivity index (χ4n) is 1.33. The second kappa shape index (κ2) is 4.76. The van der Waals surface area contributed by atoms with Crippen molar-refractivity contribution >= 4 is 33.0 Å². The van der Waals surface area contributed by atoms with Crippen LogP contribution in [0.1, 0.15) is 25.6 Å². The molecular formula is C11H16BrNOS. The second-order valence-electron chi connectivity index (χ2n) is 4.63. The number of hydrogen-bond donors (Lipinski definition) is 1. The maximum absolute atomic E-state index is 11.8. The van der Waals surface area contributed by atoms with E-state index in [-0.39, 0.29) is 11.2 Å². The van der Waals surface area contributed by atoms with E-state index in [2.05, 4.69) is 15.9 Å². The lowest BCUT2D eigenvalue weighted by Crippen LogP contribution is -2.40. The number of rotatable bonds is 3. The molecule has 1 rings (SSSR count). The Labute approximate surface area is 103 Å². The molecule has 0 saturated heterocycles. The molecule has 0 spiro atoms. The van der Waals surface area contributed by atoms with Crippen molar-refractivity contribution in [1.29, 1.82) is 0 Å². The monoisotopic (exact) mass is 289 g/mol. The van der Waals surface area contributed by atoms with Crippen LogP contribution < -0.4 is 5.73 Å². The summed E-state index contributed by atoms with van der Waals surface area (Å²) < 4.78 is 1.08. The minimum Gasteiger partial charge on any atom is -0.321 e. The van der Waals surface area contributed by atoms with Crippen LogP contribution in [0, 0.1) is 5.41 Å². The van der Waals surface area contributed by atoms with Crippen LogP contribution >= 0.6 is 27.3 Å². The topological polar surface area (TPSA) is 43.1 Å². The highest BCUT2D eigenvalue weighted by Crippen LogP contribution is 2.24. The van der Waals surface area contributed by atoms with E-state index in [4.69, 9.17) is 5.73 Å². The molecule has 0 radical (unpaired) electrons. The van der Waals surface area contributed by atoms with Gasteiger partial charge in [0.15, 0.2) is 5.78 Å². The summed E-state index contributed by atoms with van der Waals surface area (Å²) in [6, 6.07) is 3.59. The van der Waals surface area contributed by atoms with Crippen molar-refractivity contribution in [3.63, 3.8) is 0 Å². The van der Waals surface area contributed by atoms with Gasteiger partial charge in [-0.05, 0) is 28.1 Å². The van der Waals surface area contributed by atoms with Crippen LogP contribution in [0.4, 0.5) is 0 Å². The molecule has 0 amide bonds. The molecule has 1 aromatic rings. The van der Waals surface area contributed by atoms with Gasteiger partial charge in [-0.3, -0.25) is 4.79 Å². The van der Waals surface area contributed by atoms with Crippen molar-refractivity contribution < 1.29 is 4.79 Å². The zero-order chi connectivity index (χ0) is 11.6. The number of ketones is 1. The van der Waals surface area contributed by atoms with Gasteiger partial charge in [0.2, 0.25) is 0 Å². The van der Waals surface area contributed by atoms with Gasteiger partial charge in [-0.25, -0.2) is 0 Å². The minimum atomic E-state index is -0.393. The largest absolute Gasteiger partial charge is 0.321 e. The van der Waals surface area contributed by atoms with Crippen LogP contribution in [0.2, 0.25) is 0 Å². The summed E-state index contributed by atoms with van der Waals surface area (Å²) in [5.41, 5.74) is 5.53. The predicted molar refractivity (Wildman–Crippen MR) is 68.2 cm³/mol. The standard InChI is InChI=1S/C11H16BrNOS/c1-11(2,3)10(14)8(13)6-7-4-5-9(12)15-7/h4-5,8H,6,13H2,1-3H3/t8-/m1/s1. The van der Waals surface area contributed by atoms with E-state index < -0.39 is 6.04 Å². The first-order valence-corrected chi connectivity index (χ1v) is 6.46. The van der Waals surface area contributed by atoms with Crippen LogP contribution in [-0.2, 0) is 11.2 Å². The van der Waals surface area contributed by atoms with Crippen molar-refractivity contribution in [3.05, 3.63) is 20.8 Å². The van der Waals surface area contributed by atoms with Gasteiger partial charge in [0.25, 0.3) is 0 Å². The Hall–Kier alpha value is -0.190. The van der Waals surface area contributed by atoms with Gasteiger partial charge >= 0.3 is 0 Å². The molecule has 0 aliphatic rings. The van der Waals surface area contributed by atoms with Gasteiger partial charge in [0.05, 0.1) is 9.83 Å². The Balaban J connectivity index is 2.64. The lowest BCUT2D eigenvalue weighted by Gasteiger charge is -2.21. The molecule has 0 aromatic carbocycles. The van der Waals surface area contributed by atoms with E-state index in [9.17, 15) is 4.79 Å². The lowest BCUT2D eigenvalue weighted by molar-refractivity contribution is -0.127. The first-order valence-electron chi connectivity index (χ1n) is 4.85. The van der Waals surface area contributed by atoms with Gasteiger partial charge in [0, 0.05) is 16.7 Å². The van der Waals surface area contributed by atoms with Gasteiger partial charge in [-0.15, -0.1) is 11.3 Å². The molecule has 4 heteroatoms. The number of hydrogen-bond acceptors (Lipinski definition) is 3. The van der Waals surface area contributed by atoms with Crippen molar-refractivity contribution in [2.24, 2.45) is 11.1 Å². The summed E-state index contributed by atoms with van der Waals surface area (Å²) in [5.74, 6) is 0.118. The highest BCUT2D eigenvalue weighted by Gasteiger charge is 2.27. The molecule has 84 valence electrons. The predicted octanol–water partition coefficient (Wildman–Crippen LogP) is 3.00. The van der Waals surface area contributed by atoms with E-state index in [0.717, 1.165) is 8.66 Å². The zero-order valence-electron chi connectivity index (χ0n) is 9.21. The molecule has 15 heavy (non-hydrogen) atoms. The first kappa shape index (κ1) is 12.9. The van der Waals surface area contributed by atoms with Gasteiger partial charge in [0.1, 0.15) is 0 Å². The molecule has 0 saturated carbocycles. The van der Waals surface area contributed by atoms with Crippen LogP contribution in [0.3, 0.4) is 0 Å². The summed E-state index contributed by atoms with van der Waals surface area (Å²) in [4.78, 5) is 13.0. The van der Waals surface area contributed by atoms with Crippen molar-refractivity contribution in [2.75, 3.05) is 0 Å². The molecular weight excluding hydrogens is 274 g/mol. The quantitative estimate of drug-likeness (QED) is 0.930. The average Bonchev–Trinajstić information content (AvgIpc) is 2.48. The maximum atomic E-state index is 11.8. The fraction of sp³-hybridized carbons (Fsp3) is 0.545. The van der Waals surface area contributed by atoms with E-state index in [0.29, 0.717) is 6.42 Å². The molecule has 0 aliphatic heterocycles. The van der Waals surface area contributed by atoms with Crippen LogP contribution in [0.5, 0.6) is 0 Å². The van der Waals surface area contributed by atoms with E-state index in [1.807, 2.05) is 32.9 Å². The molecule has 1 heterocycles. The number of thiophene rings is 1. The zero-order valence-corrected chi connectivity index (χ0v) is 11.6. The second-order valence-corrected chi connectivity index (χ2v) is 7.18. The van der Waals surface area contributed by atoms with Crippen molar-refractivity contribution in [3.8, 4) is 0 Å². The molecule has 0 fully saturated rings. The molecule has 1 aromatic heterocycles. The number of Topliss-reactive ketones (excluding diaryl/α,β-unsaturated/α-hetero) is 1. The minimum absolute atomic E-state index is 0.118. The third-order valence-electron chi connectivity index (χ3n) is 2.13. The lowest BCUT2D eigenvalue weighted by atomic mass is 9.85. The fourth-order valence-corrected chi connectivity index (χ4v) is 2.87. The van der Waals surface area contributed by atoms with E-state index in [1.165, 1.54) is 0 Å². The Morgan fingerprint density at radius 2 is 2.13 bits per heavy atom. The Morgan fingerprint density at radius 1 is 1.53 bits per heavy atom. The molecule has 2 nitrogen and oxygen atoms in total. The van der Waals surface area contributed by atoms with Gasteiger partial charge < -0.3 is 5.73 Å². The highest BCUT2D eigenvalue weighted by molar-refractivity contribution is 9.11. The van der Waals surface area contributed by atoms with Gasteiger partial charge in [-0.2, -0.15) is 0 Å². The summed E-state index contributed by atoms with van der Waals surface area (Å²) in [6.45, 7) is 5.71. The average molecular weight is 290 g/mol. The summed E-state index contributed by atoms with van der Waals surface area (Å²) in [5, 5.41) is 0. The molecule has 2 N–H and O–H groups in total. The number of nitrogens with two attached hydrogens (primary N) is 1. The summed E-state index contributed by atoms with van der Waals surface area (Å²) in [6.07, 6.45) is 0.631. The van der Waals surface area contributed by atoms with Crippen molar-refractivity contribution in [1.82, 2.24) is 0 Å². The molecule has 0 unspecified atom stereocenters. The summed E-state index contributed by atoms with van der Waals surface area (Å²) in [7, 11) is 0. The summed E-state index contributed by atoms with van der Waals surface area (Å²) >= 11 is 5.02. The Bertz CT molecular complexity index is 354. The molecule has 1 atom stereocenters. The smallest absolute Gasteiger partial charge is 0.155 e. The number of halogens is 1. The van der Waals surface area contributed by atoms with E-state index >= 15 is 0 Å². The van der Waals surface area contributed by atoms with E-state index in [1.54, 1.807) is 11.3 Å². The third kappa shape index (κ3) is 3.70. The van der Waals surface area contributed by atoms with Crippen LogP contribution in [-0.4, -0.2) is 11.8 Å². The maximum Gasteiger partial charge on any atom is 0.155 e. The Kier molecular flexibility index (Phi) is 4.09. The van der Waals surface area contributed by atoms with Crippen LogP contribution in [0.25, 0.3) is 0 Å². The molecule has 0 aliphatic carbocycles. The van der Waals surface area contributed by atoms with Gasteiger partial charge in [-0.1, -0.05) is 20.8 Å².